The average Bonchev–Trinajstić information content (AvgIpc) is 2.55. The third-order valence-electron chi connectivity index (χ3n) is 3.60. The van der Waals surface area contributed by atoms with Crippen molar-refractivity contribution in [3.63, 3.8) is 0 Å². The molecule has 0 aliphatic heterocycles. The van der Waals surface area contributed by atoms with Crippen LogP contribution >= 0.6 is 0 Å². The van der Waals surface area contributed by atoms with Crippen LogP contribution in [0.5, 0.6) is 0 Å². The van der Waals surface area contributed by atoms with Gasteiger partial charge >= 0.3 is 0 Å². The Hall–Kier alpha value is -1.94. The second-order valence-electron chi connectivity index (χ2n) is 5.39. The topological polar surface area (TPSA) is 46.2 Å². The fraction of sp³-hybridized carbons (Fsp3) is 0.278. The Kier molecular flexibility index (Phi) is 5.50. The number of benzene rings is 2. The summed E-state index contributed by atoms with van der Waals surface area (Å²) in [5.41, 5.74) is 2.14. The van der Waals surface area contributed by atoms with Crippen molar-refractivity contribution in [2.45, 2.75) is 37.0 Å². The van der Waals surface area contributed by atoms with Crippen LogP contribution in [0.1, 0.15) is 31.0 Å². The predicted octanol–water partition coefficient (Wildman–Crippen LogP) is 3.37. The summed E-state index contributed by atoms with van der Waals surface area (Å²) in [6.07, 6.45) is 0. The first kappa shape index (κ1) is 16.4. The molecule has 1 unspecified atom stereocenters. The van der Waals surface area contributed by atoms with Gasteiger partial charge in [-0.3, -0.25) is 9.00 Å². The van der Waals surface area contributed by atoms with Crippen LogP contribution in [0.3, 0.4) is 0 Å². The Balaban J connectivity index is 2.02. The largest absolute Gasteiger partial charge is 0.349 e. The Morgan fingerprint density at radius 1 is 1.00 bits per heavy atom. The molecule has 0 aliphatic carbocycles. The van der Waals surface area contributed by atoms with E-state index in [1.165, 1.54) is 0 Å². The summed E-state index contributed by atoms with van der Waals surface area (Å²) in [5.74, 6) is -0.199. The fourth-order valence-electron chi connectivity index (χ4n) is 2.13. The van der Waals surface area contributed by atoms with Crippen molar-refractivity contribution in [3.05, 3.63) is 65.7 Å². The molecular formula is C18H21NO2S. The normalized spacial score (nSPS) is 14.9. The van der Waals surface area contributed by atoms with E-state index in [2.05, 4.69) is 5.32 Å². The van der Waals surface area contributed by atoms with Crippen LogP contribution in [0, 0.1) is 6.92 Å². The van der Waals surface area contributed by atoms with Gasteiger partial charge in [-0.25, -0.2) is 0 Å². The monoisotopic (exact) mass is 315 g/mol. The molecule has 0 saturated heterocycles. The van der Waals surface area contributed by atoms with E-state index in [-0.39, 0.29) is 11.9 Å². The first-order chi connectivity index (χ1) is 10.5. The van der Waals surface area contributed by atoms with E-state index in [1.54, 1.807) is 6.92 Å². The molecule has 2 rings (SSSR count). The molecule has 0 fully saturated rings. The van der Waals surface area contributed by atoms with Gasteiger partial charge in [-0.05, 0) is 38.5 Å². The van der Waals surface area contributed by atoms with Crippen molar-refractivity contribution in [1.29, 1.82) is 0 Å². The van der Waals surface area contributed by atoms with Crippen LogP contribution in [0.2, 0.25) is 0 Å². The SMILES string of the molecule is Cc1ccc(S(=O)[C@H](C)C(=O)N[C@@H](C)c2ccccc2)cc1. The average molecular weight is 315 g/mol. The van der Waals surface area contributed by atoms with Crippen molar-refractivity contribution < 1.29 is 9.00 Å². The highest BCUT2D eigenvalue weighted by molar-refractivity contribution is 7.86. The molecule has 0 bridgehead atoms. The molecule has 22 heavy (non-hydrogen) atoms. The highest BCUT2D eigenvalue weighted by atomic mass is 32.2. The highest BCUT2D eigenvalue weighted by Gasteiger charge is 2.22. The van der Waals surface area contributed by atoms with E-state index in [4.69, 9.17) is 0 Å². The van der Waals surface area contributed by atoms with E-state index in [0.29, 0.717) is 4.90 Å². The van der Waals surface area contributed by atoms with E-state index < -0.39 is 16.0 Å². The lowest BCUT2D eigenvalue weighted by atomic mass is 10.1. The van der Waals surface area contributed by atoms with Crippen LogP contribution < -0.4 is 5.32 Å². The highest BCUT2D eigenvalue weighted by Crippen LogP contribution is 2.15. The second kappa shape index (κ2) is 7.36. The first-order valence-electron chi connectivity index (χ1n) is 7.31. The molecule has 3 nitrogen and oxygen atoms in total. The van der Waals surface area contributed by atoms with Gasteiger partial charge in [0.25, 0.3) is 0 Å². The number of rotatable bonds is 5. The van der Waals surface area contributed by atoms with E-state index in [0.717, 1.165) is 11.1 Å². The number of carbonyl (C=O) groups is 1. The Labute approximate surface area is 134 Å². The van der Waals surface area contributed by atoms with Crippen LogP contribution in [-0.2, 0) is 15.6 Å². The first-order valence-corrected chi connectivity index (χ1v) is 8.53. The van der Waals surface area contributed by atoms with E-state index in [9.17, 15) is 9.00 Å². The van der Waals surface area contributed by atoms with Gasteiger partial charge < -0.3 is 5.32 Å². The molecule has 116 valence electrons. The van der Waals surface area contributed by atoms with Gasteiger partial charge in [0.05, 0.1) is 16.8 Å². The van der Waals surface area contributed by atoms with Gasteiger partial charge in [0.1, 0.15) is 5.25 Å². The standard InChI is InChI=1S/C18H21NO2S/c1-13-9-11-17(12-10-13)22(21)15(3)18(20)19-14(2)16-7-5-4-6-8-16/h4-12,14-15H,1-3H3,(H,19,20)/t14-,15+,22?/m0/s1. The molecule has 0 spiro atoms. The number of hydrogen-bond donors (Lipinski definition) is 1. The molecule has 2 aromatic carbocycles. The number of amides is 1. The molecule has 0 radical (unpaired) electrons. The van der Waals surface area contributed by atoms with Crippen molar-refractivity contribution in [3.8, 4) is 0 Å². The van der Waals surface area contributed by atoms with Crippen LogP contribution in [0.4, 0.5) is 0 Å². The second-order valence-corrected chi connectivity index (χ2v) is 7.17. The maximum Gasteiger partial charge on any atom is 0.236 e. The van der Waals surface area contributed by atoms with Gasteiger partial charge in [-0.2, -0.15) is 0 Å². The maximum atomic E-state index is 12.5. The fourth-order valence-corrected chi connectivity index (χ4v) is 3.20. The molecule has 3 atom stereocenters. The minimum atomic E-state index is -1.35. The van der Waals surface area contributed by atoms with Crippen molar-refractivity contribution in [2.75, 3.05) is 0 Å². The quantitative estimate of drug-likeness (QED) is 0.919. The Morgan fingerprint density at radius 3 is 2.18 bits per heavy atom. The summed E-state index contributed by atoms with van der Waals surface area (Å²) in [5, 5.41) is 2.34. The minimum absolute atomic E-state index is 0.105. The lowest BCUT2D eigenvalue weighted by molar-refractivity contribution is -0.121. The molecule has 0 heterocycles. The summed E-state index contributed by atoms with van der Waals surface area (Å²) < 4.78 is 12.5. The lowest BCUT2D eigenvalue weighted by Crippen LogP contribution is -2.37. The lowest BCUT2D eigenvalue weighted by Gasteiger charge is -2.18. The van der Waals surface area contributed by atoms with Crippen molar-refractivity contribution in [1.82, 2.24) is 5.32 Å². The van der Waals surface area contributed by atoms with Gasteiger partial charge in [0, 0.05) is 4.90 Å². The van der Waals surface area contributed by atoms with Crippen LogP contribution in [0.15, 0.2) is 59.5 Å². The molecular weight excluding hydrogens is 294 g/mol. The summed E-state index contributed by atoms with van der Waals surface area (Å²) in [4.78, 5) is 13.0. The van der Waals surface area contributed by atoms with Gasteiger partial charge in [0.2, 0.25) is 5.91 Å². The smallest absolute Gasteiger partial charge is 0.236 e. The third kappa shape index (κ3) is 4.04. The number of hydrogen-bond acceptors (Lipinski definition) is 2. The Morgan fingerprint density at radius 2 is 1.59 bits per heavy atom. The zero-order valence-electron chi connectivity index (χ0n) is 13.1. The molecule has 0 saturated carbocycles. The summed E-state index contributed by atoms with van der Waals surface area (Å²) in [7, 11) is -1.35. The molecule has 1 N–H and O–H groups in total. The summed E-state index contributed by atoms with van der Waals surface area (Å²) >= 11 is 0. The number of nitrogens with one attached hydrogen (secondary N) is 1. The number of aryl methyl sites for hydroxylation is 1. The van der Waals surface area contributed by atoms with Crippen LogP contribution in [-0.4, -0.2) is 15.4 Å². The number of carbonyl (C=O) groups excluding carboxylic acids is 1. The van der Waals surface area contributed by atoms with Gasteiger partial charge in [-0.15, -0.1) is 0 Å². The van der Waals surface area contributed by atoms with Crippen molar-refractivity contribution >= 4 is 16.7 Å². The predicted molar refractivity (Wildman–Crippen MR) is 90.0 cm³/mol. The molecule has 0 aromatic heterocycles. The minimum Gasteiger partial charge on any atom is -0.349 e. The van der Waals surface area contributed by atoms with E-state index >= 15 is 0 Å². The molecule has 4 heteroatoms. The van der Waals surface area contributed by atoms with Crippen molar-refractivity contribution in [2.24, 2.45) is 0 Å². The summed E-state index contributed by atoms with van der Waals surface area (Å²) in [6, 6.07) is 17.1. The van der Waals surface area contributed by atoms with Crippen LogP contribution in [0.25, 0.3) is 0 Å². The zero-order chi connectivity index (χ0) is 16.1. The molecule has 1 amide bonds. The third-order valence-corrected chi connectivity index (χ3v) is 5.20. The summed E-state index contributed by atoms with van der Waals surface area (Å²) in [6.45, 7) is 5.60. The molecule has 2 aromatic rings. The maximum absolute atomic E-state index is 12.5. The molecule has 0 aliphatic rings. The van der Waals surface area contributed by atoms with Gasteiger partial charge in [-0.1, -0.05) is 48.0 Å². The zero-order valence-corrected chi connectivity index (χ0v) is 13.9. The van der Waals surface area contributed by atoms with Gasteiger partial charge in [0.15, 0.2) is 0 Å². The Bertz CT molecular complexity index is 653. The van der Waals surface area contributed by atoms with E-state index in [1.807, 2.05) is 68.4 Å².